The van der Waals surface area contributed by atoms with Gasteiger partial charge in [0.15, 0.2) is 0 Å². The van der Waals surface area contributed by atoms with Gasteiger partial charge in [0.25, 0.3) is 0 Å². The van der Waals surface area contributed by atoms with E-state index in [1.54, 1.807) is 0 Å². The molecule has 11 rings (SSSR count). The fourth-order valence-electron chi connectivity index (χ4n) is 7.90. The van der Waals surface area contributed by atoms with Crippen molar-refractivity contribution >= 4 is 92.7 Å². The van der Waals surface area contributed by atoms with E-state index in [1.807, 2.05) is 0 Å². The molecule has 0 bridgehead atoms. The lowest BCUT2D eigenvalue weighted by molar-refractivity contribution is 1.26. The van der Waals surface area contributed by atoms with Gasteiger partial charge in [-0.25, -0.2) is 0 Å². The monoisotopic (exact) mass is 493 g/mol. The zero-order valence-corrected chi connectivity index (χ0v) is 20.8. The number of hydrogen-bond acceptors (Lipinski definition) is 0. The zero-order chi connectivity index (χ0) is 25.0. The van der Waals surface area contributed by atoms with Crippen molar-refractivity contribution in [3.63, 3.8) is 0 Å². The Labute approximate surface area is 221 Å². The van der Waals surface area contributed by atoms with Crippen LogP contribution in [0.4, 0.5) is 0 Å². The van der Waals surface area contributed by atoms with E-state index in [9.17, 15) is 0 Å². The molecule has 5 heterocycles. The van der Waals surface area contributed by atoms with E-state index >= 15 is 0 Å². The molecule has 178 valence electrons. The lowest BCUT2D eigenvalue weighted by atomic mass is 10.1. The van der Waals surface area contributed by atoms with Gasteiger partial charge in [-0.05, 0) is 30.3 Å². The molecule has 0 amide bonds. The maximum atomic E-state index is 2.53. The van der Waals surface area contributed by atoms with Gasteiger partial charge < -0.3 is 13.2 Å². The first-order valence-electron chi connectivity index (χ1n) is 13.6. The van der Waals surface area contributed by atoms with E-state index in [1.165, 1.54) is 92.7 Å². The van der Waals surface area contributed by atoms with Crippen molar-refractivity contribution in [2.45, 2.75) is 0 Å². The van der Waals surface area contributed by atoms with Crippen LogP contribution < -0.4 is 0 Å². The first-order valence-corrected chi connectivity index (χ1v) is 13.6. The molecule has 0 spiro atoms. The molecule has 0 unspecified atom stereocenters. The molecule has 0 aliphatic rings. The number of nitrogens with zero attached hydrogens (tertiary/aromatic N) is 3. The predicted octanol–water partition coefficient (Wildman–Crippen LogP) is 9.39. The molecule has 11 aromatic rings. The molecule has 3 nitrogen and oxygen atoms in total. The van der Waals surface area contributed by atoms with Crippen LogP contribution in [0.3, 0.4) is 0 Å². The van der Waals surface area contributed by atoms with Crippen LogP contribution in [-0.4, -0.2) is 13.2 Å². The second kappa shape index (κ2) is 6.06. The van der Waals surface area contributed by atoms with Crippen molar-refractivity contribution < 1.29 is 0 Å². The summed E-state index contributed by atoms with van der Waals surface area (Å²) < 4.78 is 7.54. The van der Waals surface area contributed by atoms with Crippen molar-refractivity contribution in [1.29, 1.82) is 0 Å². The van der Waals surface area contributed by atoms with E-state index in [2.05, 4.69) is 128 Å². The Balaban J connectivity index is 1.53. The molecule has 5 aromatic heterocycles. The highest BCUT2D eigenvalue weighted by molar-refractivity contribution is 6.32. The summed E-state index contributed by atoms with van der Waals surface area (Å²) in [6.45, 7) is 0. The third-order valence-corrected chi connectivity index (χ3v) is 9.27. The van der Waals surface area contributed by atoms with Crippen molar-refractivity contribution in [1.82, 2.24) is 13.2 Å². The molecular weight excluding hydrogens is 474 g/mol. The van der Waals surface area contributed by atoms with E-state index in [-0.39, 0.29) is 0 Å². The quantitative estimate of drug-likeness (QED) is 0.187. The normalized spacial score (nSPS) is 13.1. The minimum absolute atomic E-state index is 1.25. The van der Waals surface area contributed by atoms with Gasteiger partial charge >= 0.3 is 0 Å². The molecule has 0 atom stereocenters. The minimum atomic E-state index is 1.25. The number of rotatable bonds is 0. The highest BCUT2D eigenvalue weighted by Gasteiger charge is 2.24. The first-order chi connectivity index (χ1) is 19.4. The van der Waals surface area contributed by atoms with Crippen molar-refractivity contribution in [3.8, 4) is 0 Å². The maximum absolute atomic E-state index is 2.53. The average Bonchev–Trinajstić information content (AvgIpc) is 3.71. The SMILES string of the molecule is c1ccc2c(c1)c1cccc3c1n2c1cccc2c4c(ccc5c6cccc7c8ccccc8n(c76)c54)n3c21. The Hall–Kier alpha value is -5.28. The fourth-order valence-corrected chi connectivity index (χ4v) is 7.90. The van der Waals surface area contributed by atoms with Gasteiger partial charge in [0.05, 0.1) is 49.7 Å². The highest BCUT2D eigenvalue weighted by atomic mass is 15.0. The Morgan fingerprint density at radius 2 is 0.718 bits per heavy atom. The molecule has 3 heteroatoms. The van der Waals surface area contributed by atoms with Crippen LogP contribution in [0.1, 0.15) is 0 Å². The largest absolute Gasteiger partial charge is 0.307 e. The molecule has 39 heavy (non-hydrogen) atoms. The summed E-state index contributed by atoms with van der Waals surface area (Å²) in [6, 6.07) is 42.8. The zero-order valence-electron chi connectivity index (χ0n) is 20.8. The topological polar surface area (TPSA) is 13.2 Å². The third-order valence-electron chi connectivity index (χ3n) is 9.27. The number of hydrogen-bond donors (Lipinski definition) is 0. The van der Waals surface area contributed by atoms with Gasteiger partial charge in [-0.15, -0.1) is 0 Å². The summed E-state index contributed by atoms with van der Waals surface area (Å²) >= 11 is 0. The Morgan fingerprint density at radius 1 is 0.256 bits per heavy atom. The summed E-state index contributed by atoms with van der Waals surface area (Å²) in [5.41, 5.74) is 11.5. The molecule has 0 N–H and O–H groups in total. The van der Waals surface area contributed by atoms with Crippen LogP contribution in [0.2, 0.25) is 0 Å². The molecule has 0 fully saturated rings. The van der Waals surface area contributed by atoms with Gasteiger partial charge in [-0.1, -0.05) is 84.9 Å². The van der Waals surface area contributed by atoms with E-state index in [4.69, 9.17) is 0 Å². The summed E-state index contributed by atoms with van der Waals surface area (Å²) in [6.07, 6.45) is 0. The Kier molecular flexibility index (Phi) is 2.93. The van der Waals surface area contributed by atoms with Crippen LogP contribution in [0.5, 0.6) is 0 Å². The van der Waals surface area contributed by atoms with Gasteiger partial charge in [0.1, 0.15) is 0 Å². The number of fused-ring (bicyclic) bond motifs is 15. The van der Waals surface area contributed by atoms with E-state index in [0.29, 0.717) is 0 Å². The van der Waals surface area contributed by atoms with E-state index in [0.717, 1.165) is 0 Å². The van der Waals surface area contributed by atoms with Gasteiger partial charge in [0, 0.05) is 43.1 Å². The first kappa shape index (κ1) is 18.9. The molecule has 0 radical (unpaired) electrons. The van der Waals surface area contributed by atoms with E-state index < -0.39 is 0 Å². The molecule has 0 aliphatic heterocycles. The summed E-state index contributed by atoms with van der Waals surface area (Å²) in [4.78, 5) is 0. The van der Waals surface area contributed by atoms with Gasteiger partial charge in [-0.2, -0.15) is 0 Å². The summed E-state index contributed by atoms with van der Waals surface area (Å²) in [5, 5.41) is 10.5. The Morgan fingerprint density at radius 3 is 1.46 bits per heavy atom. The van der Waals surface area contributed by atoms with Gasteiger partial charge in [-0.3, -0.25) is 0 Å². The number of para-hydroxylation sites is 5. The molecule has 0 aliphatic carbocycles. The summed E-state index contributed by atoms with van der Waals surface area (Å²) in [5.74, 6) is 0. The predicted molar refractivity (Wildman–Crippen MR) is 164 cm³/mol. The summed E-state index contributed by atoms with van der Waals surface area (Å²) in [7, 11) is 0. The lowest BCUT2D eigenvalue weighted by Crippen LogP contribution is -1.96. The second-order valence-corrected chi connectivity index (χ2v) is 10.9. The van der Waals surface area contributed by atoms with Crippen LogP contribution in [0.15, 0.2) is 115 Å². The molecule has 6 aromatic carbocycles. The number of aromatic nitrogens is 3. The van der Waals surface area contributed by atoms with Crippen molar-refractivity contribution in [2.24, 2.45) is 0 Å². The smallest absolute Gasteiger partial charge is 0.0784 e. The van der Waals surface area contributed by atoms with Crippen LogP contribution in [-0.2, 0) is 0 Å². The molecular formula is C36H19N3. The average molecular weight is 494 g/mol. The standard InChI is InChI=1S/C36H19N3/c1-3-14-27-21(9-1)23-12-6-16-30-34(23)37(27)31-17-7-13-26-32-29(38(30)35(26)31)19-18-25-24-11-5-10-22-20-8-2-4-15-28(20)39(33(22)24)36(25)32/h1-19H. The highest BCUT2D eigenvalue weighted by Crippen LogP contribution is 2.46. The fraction of sp³-hybridized carbons (Fsp3) is 0. The molecule has 0 saturated carbocycles. The maximum Gasteiger partial charge on any atom is 0.0784 e. The van der Waals surface area contributed by atoms with Gasteiger partial charge in [0.2, 0.25) is 0 Å². The molecule has 0 saturated heterocycles. The van der Waals surface area contributed by atoms with Crippen molar-refractivity contribution in [3.05, 3.63) is 115 Å². The minimum Gasteiger partial charge on any atom is -0.307 e. The number of benzene rings is 6. The van der Waals surface area contributed by atoms with Crippen LogP contribution >= 0.6 is 0 Å². The lowest BCUT2D eigenvalue weighted by Gasteiger charge is -2.11. The third kappa shape index (κ3) is 1.89. The van der Waals surface area contributed by atoms with Crippen LogP contribution in [0, 0.1) is 0 Å². The van der Waals surface area contributed by atoms with Crippen LogP contribution in [0.25, 0.3) is 92.7 Å². The Bertz CT molecular complexity index is 2820. The van der Waals surface area contributed by atoms with Crippen molar-refractivity contribution in [2.75, 3.05) is 0 Å². The second-order valence-electron chi connectivity index (χ2n) is 10.9.